The second kappa shape index (κ2) is 8.98. The molecular weight excluding hydrogens is 388 g/mol. The molecule has 1 fully saturated rings. The van der Waals surface area contributed by atoms with Gasteiger partial charge in [0.1, 0.15) is 10.7 Å². The first-order valence-electron chi connectivity index (χ1n) is 10.3. The molecule has 0 saturated carbocycles. The Labute approximate surface area is 173 Å². The summed E-state index contributed by atoms with van der Waals surface area (Å²) < 4.78 is 29.6. The highest BCUT2D eigenvalue weighted by molar-refractivity contribution is 8.00. The van der Waals surface area contributed by atoms with Gasteiger partial charge in [-0.15, -0.1) is 4.40 Å². The maximum absolute atomic E-state index is 12.8. The standard InChI is InChI=1S/C21H30N4O3S/c1-4-12-22-21(26)23-18-10-13-25(14-11-18)20-15(3)19(29(27,28)24-20)17-8-6-16(5-2)7-9-17/h6-9,18H,4-5,10-14H2,1-3H3,(H2,22,23,26). The van der Waals surface area contributed by atoms with Gasteiger partial charge in [0.15, 0.2) is 0 Å². The minimum Gasteiger partial charge on any atom is -0.356 e. The minimum absolute atomic E-state index is 0.0899. The molecule has 0 spiro atoms. The van der Waals surface area contributed by atoms with Gasteiger partial charge >= 0.3 is 6.03 Å². The second-order valence-corrected chi connectivity index (χ2v) is 9.10. The fourth-order valence-corrected chi connectivity index (χ4v) is 5.27. The van der Waals surface area contributed by atoms with Crippen LogP contribution in [0.2, 0.25) is 0 Å². The third kappa shape index (κ3) is 4.80. The summed E-state index contributed by atoms with van der Waals surface area (Å²) in [6, 6.07) is 7.60. The molecule has 0 radical (unpaired) electrons. The normalized spacial score (nSPS) is 19.3. The average Bonchev–Trinajstić information content (AvgIpc) is 2.96. The van der Waals surface area contributed by atoms with E-state index in [0.29, 0.717) is 41.5 Å². The van der Waals surface area contributed by atoms with Crippen LogP contribution < -0.4 is 10.6 Å². The number of rotatable bonds is 5. The van der Waals surface area contributed by atoms with Gasteiger partial charge in [-0.1, -0.05) is 38.1 Å². The van der Waals surface area contributed by atoms with Crippen LogP contribution in [0.5, 0.6) is 0 Å². The summed E-state index contributed by atoms with van der Waals surface area (Å²) in [4.78, 5) is 14.2. The quantitative estimate of drug-likeness (QED) is 0.769. The van der Waals surface area contributed by atoms with Crippen LogP contribution in [-0.4, -0.2) is 50.9 Å². The molecule has 2 amide bonds. The van der Waals surface area contributed by atoms with Crippen molar-refractivity contribution < 1.29 is 13.2 Å². The number of likely N-dealkylation sites (tertiary alicyclic amines) is 1. The Hall–Kier alpha value is -2.35. The van der Waals surface area contributed by atoms with E-state index in [1.807, 2.05) is 43.0 Å². The molecule has 8 heteroatoms. The molecule has 0 atom stereocenters. The van der Waals surface area contributed by atoms with Gasteiger partial charge in [-0.05, 0) is 43.7 Å². The van der Waals surface area contributed by atoms with E-state index in [1.165, 1.54) is 5.56 Å². The molecule has 2 heterocycles. The van der Waals surface area contributed by atoms with Gasteiger partial charge in [-0.3, -0.25) is 0 Å². The van der Waals surface area contributed by atoms with E-state index in [4.69, 9.17) is 0 Å². The third-order valence-corrected chi connectivity index (χ3v) is 6.90. The van der Waals surface area contributed by atoms with E-state index in [2.05, 4.69) is 22.0 Å². The Morgan fingerprint density at radius 3 is 2.41 bits per heavy atom. The van der Waals surface area contributed by atoms with Crippen LogP contribution in [0.3, 0.4) is 0 Å². The monoisotopic (exact) mass is 418 g/mol. The molecule has 0 aliphatic carbocycles. The van der Waals surface area contributed by atoms with Crippen LogP contribution in [-0.2, 0) is 16.4 Å². The van der Waals surface area contributed by atoms with E-state index in [1.54, 1.807) is 0 Å². The lowest BCUT2D eigenvalue weighted by atomic mass is 10.0. The fraction of sp³-hybridized carbons (Fsp3) is 0.524. The number of benzene rings is 1. The molecule has 3 rings (SSSR count). The Bertz CT molecular complexity index is 912. The van der Waals surface area contributed by atoms with Crippen LogP contribution in [0.1, 0.15) is 51.2 Å². The van der Waals surface area contributed by atoms with Crippen molar-refractivity contribution in [3.8, 4) is 0 Å². The van der Waals surface area contributed by atoms with Crippen molar-refractivity contribution in [2.24, 2.45) is 4.40 Å². The number of hydrogen-bond acceptors (Lipinski definition) is 4. The van der Waals surface area contributed by atoms with Gasteiger partial charge < -0.3 is 15.5 Å². The Balaban J connectivity index is 1.70. The summed E-state index contributed by atoms with van der Waals surface area (Å²) in [7, 11) is -3.70. The molecule has 2 aliphatic heterocycles. The van der Waals surface area contributed by atoms with E-state index in [9.17, 15) is 13.2 Å². The summed E-state index contributed by atoms with van der Waals surface area (Å²) in [5.74, 6) is 0.536. The summed E-state index contributed by atoms with van der Waals surface area (Å²) in [5.41, 5.74) is 2.55. The van der Waals surface area contributed by atoms with E-state index in [-0.39, 0.29) is 12.1 Å². The van der Waals surface area contributed by atoms with Crippen molar-refractivity contribution in [2.45, 2.75) is 52.5 Å². The van der Waals surface area contributed by atoms with Gasteiger partial charge in [-0.25, -0.2) is 4.79 Å². The Morgan fingerprint density at radius 2 is 1.83 bits per heavy atom. The molecule has 1 aromatic rings. The van der Waals surface area contributed by atoms with Crippen LogP contribution in [0.25, 0.3) is 4.91 Å². The number of sulfonamides is 1. The van der Waals surface area contributed by atoms with Gasteiger partial charge in [0.25, 0.3) is 10.0 Å². The van der Waals surface area contributed by atoms with Crippen molar-refractivity contribution in [1.82, 2.24) is 15.5 Å². The summed E-state index contributed by atoms with van der Waals surface area (Å²) in [6.07, 6.45) is 3.32. The molecule has 0 bridgehead atoms. The largest absolute Gasteiger partial charge is 0.356 e. The number of hydrogen-bond donors (Lipinski definition) is 2. The number of amides is 2. The van der Waals surface area contributed by atoms with Crippen molar-refractivity contribution >= 4 is 26.8 Å². The zero-order valence-corrected chi connectivity index (χ0v) is 18.2. The molecular formula is C21H30N4O3S. The number of urea groups is 1. The molecule has 7 nitrogen and oxygen atoms in total. The van der Waals surface area contributed by atoms with Gasteiger partial charge in [0.05, 0.1) is 0 Å². The highest BCUT2D eigenvalue weighted by atomic mass is 32.2. The first-order chi connectivity index (χ1) is 13.9. The number of amidine groups is 1. The van der Waals surface area contributed by atoms with Crippen molar-refractivity contribution in [2.75, 3.05) is 19.6 Å². The maximum atomic E-state index is 12.8. The van der Waals surface area contributed by atoms with Crippen LogP contribution in [0, 0.1) is 0 Å². The first kappa shape index (κ1) is 21.4. The van der Waals surface area contributed by atoms with E-state index >= 15 is 0 Å². The number of carbonyl (C=O) groups is 1. The third-order valence-electron chi connectivity index (χ3n) is 5.43. The number of nitrogens with zero attached hydrogens (tertiary/aromatic N) is 2. The van der Waals surface area contributed by atoms with Gasteiger partial charge in [-0.2, -0.15) is 8.42 Å². The molecule has 2 aliphatic rings. The number of nitrogens with one attached hydrogen (secondary N) is 2. The molecule has 0 aromatic heterocycles. The van der Waals surface area contributed by atoms with Crippen molar-refractivity contribution in [3.05, 3.63) is 41.0 Å². The zero-order chi connectivity index (χ0) is 21.0. The number of aryl methyl sites for hydroxylation is 1. The summed E-state index contributed by atoms with van der Waals surface area (Å²) >= 11 is 0. The lowest BCUT2D eigenvalue weighted by Crippen LogP contribution is -2.49. The topological polar surface area (TPSA) is 90.9 Å². The molecule has 1 aromatic carbocycles. The fourth-order valence-electron chi connectivity index (χ4n) is 3.79. The molecule has 1 saturated heterocycles. The van der Waals surface area contributed by atoms with Crippen LogP contribution in [0.4, 0.5) is 4.79 Å². The lowest BCUT2D eigenvalue weighted by molar-refractivity contribution is 0.226. The number of piperidine rings is 1. The molecule has 0 unspecified atom stereocenters. The smallest absolute Gasteiger partial charge is 0.315 e. The predicted molar refractivity (Wildman–Crippen MR) is 116 cm³/mol. The van der Waals surface area contributed by atoms with Crippen molar-refractivity contribution in [1.29, 1.82) is 0 Å². The number of carbonyl (C=O) groups excluding carboxylic acids is 1. The molecule has 29 heavy (non-hydrogen) atoms. The average molecular weight is 419 g/mol. The summed E-state index contributed by atoms with van der Waals surface area (Å²) in [6.45, 7) is 7.88. The molecule has 158 valence electrons. The Morgan fingerprint density at radius 1 is 1.17 bits per heavy atom. The minimum atomic E-state index is -3.70. The summed E-state index contributed by atoms with van der Waals surface area (Å²) in [5, 5.41) is 5.81. The van der Waals surface area contributed by atoms with Crippen LogP contribution in [0.15, 0.2) is 34.2 Å². The second-order valence-electron chi connectivity index (χ2n) is 7.56. The predicted octanol–water partition coefficient (Wildman–Crippen LogP) is 2.90. The van der Waals surface area contributed by atoms with Crippen molar-refractivity contribution in [3.63, 3.8) is 0 Å². The highest BCUT2D eigenvalue weighted by Crippen LogP contribution is 2.34. The Kier molecular flexibility index (Phi) is 6.62. The highest BCUT2D eigenvalue weighted by Gasteiger charge is 2.34. The van der Waals surface area contributed by atoms with Gasteiger partial charge in [0.2, 0.25) is 0 Å². The lowest BCUT2D eigenvalue weighted by Gasteiger charge is -2.33. The zero-order valence-electron chi connectivity index (χ0n) is 17.4. The SMILES string of the molecule is CCCNC(=O)NC1CCN(C2=NS(=O)(=O)C(c3ccc(CC)cc3)=C2C)CC1. The van der Waals surface area contributed by atoms with E-state index in [0.717, 1.165) is 25.7 Å². The van der Waals surface area contributed by atoms with Gasteiger partial charge in [0, 0.05) is 31.2 Å². The first-order valence-corrected chi connectivity index (χ1v) is 11.7. The van der Waals surface area contributed by atoms with E-state index < -0.39 is 10.0 Å². The molecule has 2 N–H and O–H groups in total. The van der Waals surface area contributed by atoms with Crippen LogP contribution >= 0.6 is 0 Å². The maximum Gasteiger partial charge on any atom is 0.315 e.